The van der Waals surface area contributed by atoms with Crippen molar-refractivity contribution in [3.63, 3.8) is 0 Å². The number of carbonyl (C=O) groups is 1. The molecule has 0 aliphatic carbocycles. The predicted octanol–water partition coefficient (Wildman–Crippen LogP) is 3.65. The molecule has 2 aromatic rings. The van der Waals surface area contributed by atoms with Crippen LogP contribution in [0.25, 0.3) is 0 Å². The van der Waals surface area contributed by atoms with Crippen molar-refractivity contribution in [1.29, 1.82) is 0 Å². The second kappa shape index (κ2) is 7.23. The van der Waals surface area contributed by atoms with Crippen molar-refractivity contribution in [2.75, 3.05) is 7.11 Å². The maximum atomic E-state index is 11.2. The number of fused-ring (bicyclic) bond motifs is 1. The molecule has 0 fully saturated rings. The van der Waals surface area contributed by atoms with Gasteiger partial charge in [-0.05, 0) is 49.2 Å². The van der Waals surface area contributed by atoms with Crippen LogP contribution in [-0.2, 0) is 16.0 Å². The lowest BCUT2D eigenvalue weighted by molar-refractivity contribution is -0.141. The molecule has 3 heteroatoms. The van der Waals surface area contributed by atoms with Gasteiger partial charge in [0.15, 0.2) is 0 Å². The zero-order chi connectivity index (χ0) is 16.9. The fourth-order valence-electron chi connectivity index (χ4n) is 2.72. The van der Waals surface area contributed by atoms with Crippen molar-refractivity contribution in [3.8, 4) is 17.6 Å². The number of aryl methyl sites for hydroxylation is 1. The number of hydrogen-bond donors (Lipinski definition) is 0. The van der Waals surface area contributed by atoms with Crippen LogP contribution in [0.1, 0.15) is 35.1 Å². The topological polar surface area (TPSA) is 35.5 Å². The summed E-state index contributed by atoms with van der Waals surface area (Å²) in [7, 11) is 1.41. The lowest BCUT2D eigenvalue weighted by atomic mass is 10.0. The first-order valence-corrected chi connectivity index (χ1v) is 8.09. The van der Waals surface area contributed by atoms with Crippen LogP contribution in [0.15, 0.2) is 42.5 Å². The summed E-state index contributed by atoms with van der Waals surface area (Å²) in [5.74, 6) is 7.09. The smallest absolute Gasteiger partial charge is 0.305 e. The third-order valence-electron chi connectivity index (χ3n) is 4.10. The van der Waals surface area contributed by atoms with Crippen LogP contribution in [0.5, 0.6) is 5.75 Å². The van der Waals surface area contributed by atoms with Crippen LogP contribution in [0, 0.1) is 18.8 Å². The Morgan fingerprint density at radius 2 is 1.88 bits per heavy atom. The Morgan fingerprint density at radius 1 is 1.17 bits per heavy atom. The number of ether oxygens (including phenoxy) is 2. The number of methoxy groups -OCH3 is 1. The van der Waals surface area contributed by atoms with Crippen LogP contribution >= 0.6 is 0 Å². The molecule has 1 heterocycles. The van der Waals surface area contributed by atoms with Crippen LogP contribution in [0.4, 0.5) is 0 Å². The second-order valence-corrected chi connectivity index (χ2v) is 6.00. The molecule has 1 aliphatic heterocycles. The van der Waals surface area contributed by atoms with E-state index in [1.54, 1.807) is 0 Å². The van der Waals surface area contributed by atoms with Crippen molar-refractivity contribution >= 4 is 5.97 Å². The Labute approximate surface area is 142 Å². The Kier molecular flexibility index (Phi) is 4.86. The fourth-order valence-corrected chi connectivity index (χ4v) is 2.72. The van der Waals surface area contributed by atoms with E-state index in [1.165, 1.54) is 12.7 Å². The van der Waals surface area contributed by atoms with Gasteiger partial charge in [0.05, 0.1) is 7.11 Å². The second-order valence-electron chi connectivity index (χ2n) is 6.00. The van der Waals surface area contributed by atoms with Crippen molar-refractivity contribution in [3.05, 3.63) is 64.7 Å². The minimum Gasteiger partial charge on any atom is -0.490 e. The predicted molar refractivity (Wildman–Crippen MR) is 93.0 cm³/mol. The molecule has 3 rings (SSSR count). The SMILES string of the molecule is COC(=O)CCC1Cc2cc(C#Cc3ccc(C)cc3)ccc2O1. The van der Waals surface area contributed by atoms with E-state index in [1.807, 2.05) is 24.3 Å². The molecule has 122 valence electrons. The Morgan fingerprint density at radius 3 is 2.62 bits per heavy atom. The maximum Gasteiger partial charge on any atom is 0.305 e. The molecule has 0 aromatic heterocycles. The lowest BCUT2D eigenvalue weighted by Crippen LogP contribution is -2.15. The largest absolute Gasteiger partial charge is 0.490 e. The van der Waals surface area contributed by atoms with E-state index in [-0.39, 0.29) is 12.1 Å². The van der Waals surface area contributed by atoms with Crippen LogP contribution in [0.3, 0.4) is 0 Å². The molecule has 1 aliphatic rings. The molecular formula is C21H20O3. The van der Waals surface area contributed by atoms with E-state index in [0.717, 1.165) is 28.9 Å². The Hall–Kier alpha value is -2.73. The molecule has 2 aromatic carbocycles. The molecule has 0 N–H and O–H groups in total. The molecule has 1 atom stereocenters. The van der Waals surface area contributed by atoms with Gasteiger partial charge in [-0.3, -0.25) is 4.79 Å². The average Bonchev–Trinajstić information content (AvgIpc) is 3.01. The molecule has 0 amide bonds. The lowest BCUT2D eigenvalue weighted by Gasteiger charge is -2.08. The third kappa shape index (κ3) is 3.97. The summed E-state index contributed by atoms with van der Waals surface area (Å²) >= 11 is 0. The van der Waals surface area contributed by atoms with Crippen molar-refractivity contribution in [2.45, 2.75) is 32.3 Å². The Bertz CT molecular complexity index is 794. The van der Waals surface area contributed by atoms with Gasteiger partial charge in [0, 0.05) is 24.0 Å². The molecule has 3 nitrogen and oxygen atoms in total. The zero-order valence-corrected chi connectivity index (χ0v) is 14.0. The molecule has 0 bridgehead atoms. The minimum atomic E-state index is -0.195. The highest BCUT2D eigenvalue weighted by Crippen LogP contribution is 2.31. The van der Waals surface area contributed by atoms with E-state index in [4.69, 9.17) is 4.74 Å². The summed E-state index contributed by atoms with van der Waals surface area (Å²) in [4.78, 5) is 11.2. The summed E-state index contributed by atoms with van der Waals surface area (Å²) in [6.07, 6.45) is 1.91. The van der Waals surface area contributed by atoms with E-state index in [2.05, 4.69) is 41.7 Å². The maximum absolute atomic E-state index is 11.2. The highest BCUT2D eigenvalue weighted by atomic mass is 16.5. The van der Waals surface area contributed by atoms with Crippen molar-refractivity contribution in [1.82, 2.24) is 0 Å². The first kappa shape index (κ1) is 16.1. The van der Waals surface area contributed by atoms with Gasteiger partial charge in [0.2, 0.25) is 0 Å². The number of benzene rings is 2. The number of rotatable bonds is 3. The van der Waals surface area contributed by atoms with Crippen LogP contribution < -0.4 is 4.74 Å². The summed E-state index contributed by atoms with van der Waals surface area (Å²) in [5.41, 5.74) is 4.37. The minimum absolute atomic E-state index is 0.0411. The molecule has 0 saturated heterocycles. The van der Waals surface area contributed by atoms with Crippen molar-refractivity contribution < 1.29 is 14.3 Å². The molecular weight excluding hydrogens is 300 g/mol. The van der Waals surface area contributed by atoms with Crippen molar-refractivity contribution in [2.24, 2.45) is 0 Å². The zero-order valence-electron chi connectivity index (χ0n) is 14.0. The fraction of sp³-hybridized carbons (Fsp3) is 0.286. The van der Waals surface area contributed by atoms with Gasteiger partial charge in [-0.15, -0.1) is 0 Å². The quantitative estimate of drug-likeness (QED) is 0.640. The molecule has 24 heavy (non-hydrogen) atoms. The molecule has 1 unspecified atom stereocenters. The molecule has 0 saturated carbocycles. The van der Waals surface area contributed by atoms with E-state index in [9.17, 15) is 4.79 Å². The van der Waals surface area contributed by atoms with Gasteiger partial charge in [0.25, 0.3) is 0 Å². The first-order valence-electron chi connectivity index (χ1n) is 8.09. The van der Waals surface area contributed by atoms with E-state index < -0.39 is 0 Å². The van der Waals surface area contributed by atoms with Gasteiger partial charge in [-0.25, -0.2) is 0 Å². The molecule has 0 spiro atoms. The van der Waals surface area contributed by atoms with Gasteiger partial charge in [-0.2, -0.15) is 0 Å². The van der Waals surface area contributed by atoms with Gasteiger partial charge in [0.1, 0.15) is 11.9 Å². The molecule has 0 radical (unpaired) electrons. The van der Waals surface area contributed by atoms with Gasteiger partial charge in [-0.1, -0.05) is 29.5 Å². The monoisotopic (exact) mass is 320 g/mol. The van der Waals surface area contributed by atoms with Crippen LogP contribution in [0.2, 0.25) is 0 Å². The average molecular weight is 320 g/mol. The van der Waals surface area contributed by atoms with E-state index >= 15 is 0 Å². The number of hydrogen-bond acceptors (Lipinski definition) is 3. The van der Waals surface area contributed by atoms with Crippen LogP contribution in [-0.4, -0.2) is 19.2 Å². The highest BCUT2D eigenvalue weighted by Gasteiger charge is 2.23. The Balaban J connectivity index is 1.66. The highest BCUT2D eigenvalue weighted by molar-refractivity contribution is 5.69. The normalized spacial score (nSPS) is 15.0. The van der Waals surface area contributed by atoms with Gasteiger partial charge < -0.3 is 9.47 Å². The number of carbonyl (C=O) groups excluding carboxylic acids is 1. The summed E-state index contributed by atoms with van der Waals surface area (Å²) < 4.78 is 10.6. The van der Waals surface area contributed by atoms with Gasteiger partial charge >= 0.3 is 5.97 Å². The standard InChI is InChI=1S/C21H20O3/c1-15-3-5-16(6-4-15)7-8-17-9-11-20-18(13-17)14-19(24-20)10-12-21(22)23-2/h3-6,9,11,13,19H,10,12,14H2,1-2H3. The summed E-state index contributed by atoms with van der Waals surface area (Å²) in [6.45, 7) is 2.06. The van der Waals surface area contributed by atoms with E-state index in [0.29, 0.717) is 12.8 Å². The number of esters is 1. The summed E-state index contributed by atoms with van der Waals surface area (Å²) in [5, 5.41) is 0. The third-order valence-corrected chi connectivity index (χ3v) is 4.10. The summed E-state index contributed by atoms with van der Waals surface area (Å²) in [6, 6.07) is 14.2. The first-order chi connectivity index (χ1) is 11.6.